The number of anilines is 2. The molecule has 0 radical (unpaired) electrons. The van der Waals surface area contributed by atoms with E-state index in [-0.39, 0.29) is 0 Å². The number of rotatable bonds is 5. The molecule has 3 nitrogen and oxygen atoms in total. The van der Waals surface area contributed by atoms with E-state index in [0.717, 1.165) is 18.8 Å². The second-order valence-corrected chi connectivity index (χ2v) is 4.33. The molecule has 0 fully saturated rings. The van der Waals surface area contributed by atoms with Crippen molar-refractivity contribution in [2.24, 2.45) is 0 Å². The fraction of sp³-hybridized carbons (Fsp3) is 0.538. The van der Waals surface area contributed by atoms with Gasteiger partial charge in [0.05, 0.1) is 6.61 Å². The van der Waals surface area contributed by atoms with E-state index in [1.54, 1.807) is 7.11 Å². The van der Waals surface area contributed by atoms with Crippen molar-refractivity contribution < 1.29 is 4.74 Å². The van der Waals surface area contributed by atoms with Crippen LogP contribution in [0.1, 0.15) is 19.4 Å². The van der Waals surface area contributed by atoms with Crippen molar-refractivity contribution in [3.05, 3.63) is 23.8 Å². The van der Waals surface area contributed by atoms with Gasteiger partial charge in [-0.05, 0) is 38.5 Å². The van der Waals surface area contributed by atoms with Crippen molar-refractivity contribution in [2.45, 2.75) is 26.8 Å². The van der Waals surface area contributed by atoms with Gasteiger partial charge in [0.15, 0.2) is 0 Å². The van der Waals surface area contributed by atoms with E-state index in [0.29, 0.717) is 6.04 Å². The van der Waals surface area contributed by atoms with Crippen molar-refractivity contribution in [1.29, 1.82) is 0 Å². The maximum Gasteiger partial charge on any atom is 0.0637 e. The van der Waals surface area contributed by atoms with Gasteiger partial charge in [-0.15, -0.1) is 0 Å². The normalized spacial score (nSPS) is 10.8. The number of nitrogens with zero attached hydrogens (tertiary/aromatic N) is 1. The summed E-state index contributed by atoms with van der Waals surface area (Å²) in [5.74, 6) is 0. The number of hydrogen-bond donors (Lipinski definition) is 1. The largest absolute Gasteiger partial charge is 0.399 e. The SMILES string of the molecule is COCCN(c1cc(N)ccc1C)C(C)C. The standard InChI is InChI=1S/C13H22N2O/c1-10(2)15(7-8-16-4)13-9-12(14)6-5-11(13)3/h5-6,9-10H,7-8,14H2,1-4H3. The minimum atomic E-state index is 0.440. The third kappa shape index (κ3) is 3.14. The first kappa shape index (κ1) is 12.8. The van der Waals surface area contributed by atoms with E-state index < -0.39 is 0 Å². The molecule has 0 aliphatic carbocycles. The number of nitrogen functional groups attached to an aromatic ring is 1. The van der Waals surface area contributed by atoms with Crippen LogP contribution in [0.2, 0.25) is 0 Å². The minimum Gasteiger partial charge on any atom is -0.399 e. The number of ether oxygens (including phenoxy) is 1. The van der Waals surface area contributed by atoms with Crippen LogP contribution in [0.4, 0.5) is 11.4 Å². The summed E-state index contributed by atoms with van der Waals surface area (Å²) in [5, 5.41) is 0. The van der Waals surface area contributed by atoms with Gasteiger partial charge in [-0.3, -0.25) is 0 Å². The Morgan fingerprint density at radius 2 is 2.06 bits per heavy atom. The highest BCUT2D eigenvalue weighted by Crippen LogP contribution is 2.24. The quantitative estimate of drug-likeness (QED) is 0.778. The number of aryl methyl sites for hydroxylation is 1. The summed E-state index contributed by atoms with van der Waals surface area (Å²) >= 11 is 0. The molecule has 0 spiro atoms. The Bertz CT molecular complexity index is 337. The van der Waals surface area contributed by atoms with Crippen LogP contribution in [0.3, 0.4) is 0 Å². The van der Waals surface area contributed by atoms with E-state index in [2.05, 4.69) is 31.7 Å². The molecule has 0 aliphatic rings. The van der Waals surface area contributed by atoms with Crippen LogP contribution < -0.4 is 10.6 Å². The lowest BCUT2D eigenvalue weighted by Crippen LogP contribution is -2.34. The van der Waals surface area contributed by atoms with E-state index in [4.69, 9.17) is 10.5 Å². The molecule has 1 aromatic carbocycles. The third-order valence-electron chi connectivity index (χ3n) is 2.70. The zero-order chi connectivity index (χ0) is 12.1. The summed E-state index contributed by atoms with van der Waals surface area (Å²) in [6.07, 6.45) is 0. The van der Waals surface area contributed by atoms with E-state index >= 15 is 0 Å². The Kier molecular flexibility index (Phi) is 4.62. The Morgan fingerprint density at radius 1 is 1.38 bits per heavy atom. The molecule has 0 aliphatic heterocycles. The number of benzene rings is 1. The molecule has 1 rings (SSSR count). The molecule has 0 aromatic heterocycles. The second-order valence-electron chi connectivity index (χ2n) is 4.33. The highest BCUT2D eigenvalue weighted by atomic mass is 16.5. The molecule has 0 amide bonds. The lowest BCUT2D eigenvalue weighted by molar-refractivity contribution is 0.204. The molecule has 90 valence electrons. The first-order chi connectivity index (χ1) is 7.56. The van der Waals surface area contributed by atoms with Gasteiger partial charge >= 0.3 is 0 Å². The molecule has 0 saturated carbocycles. The van der Waals surface area contributed by atoms with Crippen LogP contribution in [-0.4, -0.2) is 26.3 Å². The van der Waals surface area contributed by atoms with Crippen LogP contribution >= 0.6 is 0 Å². The van der Waals surface area contributed by atoms with E-state index in [1.165, 1.54) is 11.3 Å². The molecule has 1 aromatic rings. The molecule has 0 saturated heterocycles. The minimum absolute atomic E-state index is 0.440. The van der Waals surface area contributed by atoms with Crippen molar-refractivity contribution in [3.63, 3.8) is 0 Å². The molecular weight excluding hydrogens is 200 g/mol. The first-order valence-corrected chi connectivity index (χ1v) is 5.68. The maximum absolute atomic E-state index is 5.84. The Morgan fingerprint density at radius 3 is 2.62 bits per heavy atom. The summed E-state index contributed by atoms with van der Waals surface area (Å²) in [4.78, 5) is 2.31. The van der Waals surface area contributed by atoms with Gasteiger partial charge in [0.1, 0.15) is 0 Å². The fourth-order valence-corrected chi connectivity index (χ4v) is 1.78. The highest BCUT2D eigenvalue weighted by molar-refractivity contribution is 5.61. The van der Waals surface area contributed by atoms with E-state index in [1.807, 2.05) is 12.1 Å². The molecule has 2 N–H and O–H groups in total. The van der Waals surface area contributed by atoms with Crippen LogP contribution in [-0.2, 0) is 4.74 Å². The predicted molar refractivity (Wildman–Crippen MR) is 69.9 cm³/mol. The van der Waals surface area contributed by atoms with Crippen LogP contribution in [0.25, 0.3) is 0 Å². The van der Waals surface area contributed by atoms with Crippen molar-refractivity contribution >= 4 is 11.4 Å². The van der Waals surface area contributed by atoms with Crippen LogP contribution in [0, 0.1) is 6.92 Å². The van der Waals surface area contributed by atoms with Gasteiger partial charge in [0.25, 0.3) is 0 Å². The topological polar surface area (TPSA) is 38.5 Å². The second kappa shape index (κ2) is 5.75. The zero-order valence-corrected chi connectivity index (χ0v) is 10.7. The van der Waals surface area contributed by atoms with Gasteiger partial charge in [-0.1, -0.05) is 6.07 Å². The molecule has 0 unspecified atom stereocenters. The van der Waals surface area contributed by atoms with Crippen molar-refractivity contribution in [2.75, 3.05) is 30.9 Å². The van der Waals surface area contributed by atoms with Gasteiger partial charge < -0.3 is 15.4 Å². The molecule has 16 heavy (non-hydrogen) atoms. The third-order valence-corrected chi connectivity index (χ3v) is 2.70. The highest BCUT2D eigenvalue weighted by Gasteiger charge is 2.12. The average Bonchev–Trinajstić information content (AvgIpc) is 2.23. The molecule has 0 heterocycles. The average molecular weight is 222 g/mol. The molecule has 0 bridgehead atoms. The predicted octanol–water partition coefficient (Wildman–Crippen LogP) is 2.44. The molecule has 3 heteroatoms. The van der Waals surface area contributed by atoms with Gasteiger partial charge in [-0.25, -0.2) is 0 Å². The van der Waals surface area contributed by atoms with Crippen molar-refractivity contribution in [3.8, 4) is 0 Å². The Labute approximate surface area is 98.2 Å². The summed E-state index contributed by atoms with van der Waals surface area (Å²) in [5.41, 5.74) is 9.10. The summed E-state index contributed by atoms with van der Waals surface area (Å²) in [6.45, 7) is 8.08. The zero-order valence-electron chi connectivity index (χ0n) is 10.7. The Hall–Kier alpha value is -1.22. The summed E-state index contributed by atoms with van der Waals surface area (Å²) in [7, 11) is 1.73. The fourth-order valence-electron chi connectivity index (χ4n) is 1.78. The molecular formula is C13H22N2O. The number of methoxy groups -OCH3 is 1. The summed E-state index contributed by atoms with van der Waals surface area (Å²) in [6, 6.07) is 6.47. The van der Waals surface area contributed by atoms with Crippen LogP contribution in [0.5, 0.6) is 0 Å². The number of hydrogen-bond acceptors (Lipinski definition) is 3. The lowest BCUT2D eigenvalue weighted by atomic mass is 10.1. The maximum atomic E-state index is 5.84. The lowest BCUT2D eigenvalue weighted by Gasteiger charge is -2.30. The van der Waals surface area contributed by atoms with Crippen molar-refractivity contribution in [1.82, 2.24) is 0 Å². The molecule has 0 atom stereocenters. The van der Waals surface area contributed by atoms with Gasteiger partial charge in [0, 0.05) is 31.1 Å². The monoisotopic (exact) mass is 222 g/mol. The van der Waals surface area contributed by atoms with E-state index in [9.17, 15) is 0 Å². The van der Waals surface area contributed by atoms with Gasteiger partial charge in [0.2, 0.25) is 0 Å². The summed E-state index contributed by atoms with van der Waals surface area (Å²) < 4.78 is 5.14. The number of nitrogens with two attached hydrogens (primary N) is 1. The van der Waals surface area contributed by atoms with Gasteiger partial charge in [-0.2, -0.15) is 0 Å². The van der Waals surface area contributed by atoms with Crippen LogP contribution in [0.15, 0.2) is 18.2 Å². The Balaban J connectivity index is 2.95. The smallest absolute Gasteiger partial charge is 0.0637 e. The first-order valence-electron chi connectivity index (χ1n) is 5.68.